The van der Waals surface area contributed by atoms with Crippen molar-refractivity contribution < 1.29 is 0 Å². The van der Waals surface area contributed by atoms with Crippen molar-refractivity contribution in [2.24, 2.45) is 4.99 Å². The van der Waals surface area contributed by atoms with Crippen molar-refractivity contribution in [1.82, 2.24) is 0 Å². The highest BCUT2D eigenvalue weighted by atomic mass is 14.7. The van der Waals surface area contributed by atoms with Gasteiger partial charge in [0.1, 0.15) is 0 Å². The SMILES string of the molecule is [C]1=Nc2ccccc2Cc2ccccc21. The summed E-state index contributed by atoms with van der Waals surface area (Å²) in [5.41, 5.74) is 4.71. The molecule has 1 aliphatic rings. The van der Waals surface area contributed by atoms with Crippen LogP contribution in [0.25, 0.3) is 0 Å². The lowest BCUT2D eigenvalue weighted by molar-refractivity contribution is 1.19. The van der Waals surface area contributed by atoms with Crippen LogP contribution in [0.4, 0.5) is 5.69 Å². The van der Waals surface area contributed by atoms with Gasteiger partial charge in [-0.1, -0.05) is 42.5 Å². The molecule has 1 heteroatoms. The molecule has 1 heterocycles. The molecule has 15 heavy (non-hydrogen) atoms. The van der Waals surface area contributed by atoms with Crippen molar-refractivity contribution in [3.63, 3.8) is 0 Å². The zero-order valence-corrected chi connectivity index (χ0v) is 8.27. The molecule has 1 radical (unpaired) electrons. The van der Waals surface area contributed by atoms with Gasteiger partial charge in [-0.05, 0) is 17.2 Å². The zero-order chi connectivity index (χ0) is 10.1. The topological polar surface area (TPSA) is 12.4 Å². The molecule has 0 aromatic heterocycles. The summed E-state index contributed by atoms with van der Waals surface area (Å²) in [7, 11) is 0. The van der Waals surface area contributed by atoms with Crippen LogP contribution in [0.5, 0.6) is 0 Å². The summed E-state index contributed by atoms with van der Waals surface area (Å²) in [6, 6.07) is 16.5. The van der Waals surface area contributed by atoms with Crippen LogP contribution in [0.15, 0.2) is 53.5 Å². The smallest absolute Gasteiger partial charge is 0.0975 e. The summed E-state index contributed by atoms with van der Waals surface area (Å²) in [5.74, 6) is 0. The van der Waals surface area contributed by atoms with Crippen molar-refractivity contribution in [2.45, 2.75) is 6.42 Å². The largest absolute Gasteiger partial charge is 0.246 e. The normalized spacial score (nSPS) is 12.8. The van der Waals surface area contributed by atoms with Crippen LogP contribution in [-0.2, 0) is 6.42 Å². The third-order valence-corrected chi connectivity index (χ3v) is 2.69. The molecular weight excluding hydrogens is 182 g/mol. The maximum atomic E-state index is 4.38. The van der Waals surface area contributed by atoms with Gasteiger partial charge >= 0.3 is 0 Å². The number of hydrogen-bond donors (Lipinski definition) is 0. The minimum absolute atomic E-state index is 0.947. The van der Waals surface area contributed by atoms with E-state index in [-0.39, 0.29) is 0 Å². The second-order valence-corrected chi connectivity index (χ2v) is 3.69. The van der Waals surface area contributed by atoms with Crippen molar-refractivity contribution in [3.05, 3.63) is 65.2 Å². The molecule has 1 nitrogen and oxygen atoms in total. The number of nitrogens with zero attached hydrogens (tertiary/aromatic N) is 1. The summed E-state index contributed by atoms with van der Waals surface area (Å²) < 4.78 is 0. The van der Waals surface area contributed by atoms with Crippen molar-refractivity contribution >= 4 is 11.9 Å². The van der Waals surface area contributed by atoms with Crippen molar-refractivity contribution in [3.8, 4) is 0 Å². The summed E-state index contributed by atoms with van der Waals surface area (Å²) in [4.78, 5) is 4.38. The first kappa shape index (κ1) is 8.42. The first-order chi connectivity index (χ1) is 7.43. The van der Waals surface area contributed by atoms with Crippen molar-refractivity contribution in [2.75, 3.05) is 0 Å². The molecule has 0 spiro atoms. The van der Waals surface area contributed by atoms with E-state index in [0.717, 1.165) is 17.7 Å². The fraction of sp³-hybridized carbons (Fsp3) is 0.0714. The minimum atomic E-state index is 0.947. The highest BCUT2D eigenvalue weighted by Gasteiger charge is 2.08. The van der Waals surface area contributed by atoms with E-state index in [1.54, 1.807) is 0 Å². The standard InChI is InChI=1S/C14H10N/c1-2-7-13-10-15-14-8-4-3-6-12(14)9-11(13)5-1/h1-8H,9H2. The van der Waals surface area contributed by atoms with Crippen LogP contribution >= 0.6 is 0 Å². The van der Waals surface area contributed by atoms with Gasteiger partial charge in [-0.3, -0.25) is 0 Å². The van der Waals surface area contributed by atoms with Crippen molar-refractivity contribution in [1.29, 1.82) is 0 Å². The second-order valence-electron chi connectivity index (χ2n) is 3.69. The van der Waals surface area contributed by atoms with Gasteiger partial charge in [-0.25, -0.2) is 4.99 Å². The third kappa shape index (κ3) is 1.46. The maximum Gasteiger partial charge on any atom is 0.0975 e. The van der Waals surface area contributed by atoms with Crippen LogP contribution < -0.4 is 0 Å². The summed E-state index contributed by atoms with van der Waals surface area (Å²) >= 11 is 0. The molecule has 0 saturated carbocycles. The van der Waals surface area contributed by atoms with Gasteiger partial charge < -0.3 is 0 Å². The van der Waals surface area contributed by atoms with E-state index in [2.05, 4.69) is 41.5 Å². The average molecular weight is 192 g/mol. The molecule has 2 aromatic rings. The van der Waals surface area contributed by atoms with E-state index >= 15 is 0 Å². The maximum absolute atomic E-state index is 4.38. The van der Waals surface area contributed by atoms with Gasteiger partial charge in [0.25, 0.3) is 0 Å². The van der Waals surface area contributed by atoms with Gasteiger partial charge in [0.2, 0.25) is 0 Å². The van der Waals surface area contributed by atoms with Crippen LogP contribution in [0.2, 0.25) is 0 Å². The molecule has 2 aromatic carbocycles. The van der Waals surface area contributed by atoms with E-state index in [9.17, 15) is 0 Å². The lowest BCUT2D eigenvalue weighted by Gasteiger charge is -2.03. The number of para-hydroxylation sites is 1. The summed E-state index contributed by atoms with van der Waals surface area (Å²) in [6.07, 6.45) is 4.05. The molecule has 0 amide bonds. The Morgan fingerprint density at radius 3 is 2.53 bits per heavy atom. The Hall–Kier alpha value is -1.89. The van der Waals surface area contributed by atoms with E-state index in [4.69, 9.17) is 0 Å². The Morgan fingerprint density at radius 1 is 0.867 bits per heavy atom. The van der Waals surface area contributed by atoms with E-state index in [1.807, 2.05) is 18.2 Å². The Kier molecular flexibility index (Phi) is 1.88. The molecule has 0 unspecified atom stereocenters. The molecular formula is C14H10N. The lowest BCUT2D eigenvalue weighted by atomic mass is 10.0. The molecule has 0 aliphatic carbocycles. The molecule has 0 fully saturated rings. The number of rotatable bonds is 0. The highest BCUT2D eigenvalue weighted by Crippen LogP contribution is 2.25. The van der Waals surface area contributed by atoms with E-state index < -0.39 is 0 Å². The van der Waals surface area contributed by atoms with E-state index in [1.165, 1.54) is 11.1 Å². The van der Waals surface area contributed by atoms with Gasteiger partial charge in [0.05, 0.1) is 11.9 Å². The van der Waals surface area contributed by atoms with Crippen LogP contribution in [0.1, 0.15) is 16.7 Å². The Morgan fingerprint density at radius 2 is 1.60 bits per heavy atom. The average Bonchev–Trinajstić information content (AvgIpc) is 2.48. The van der Waals surface area contributed by atoms with Crippen LogP contribution in [0, 0.1) is 0 Å². The lowest BCUT2D eigenvalue weighted by Crippen LogP contribution is -1.91. The Balaban J connectivity index is 2.19. The first-order valence-electron chi connectivity index (χ1n) is 5.06. The monoisotopic (exact) mass is 192 g/mol. The molecule has 3 rings (SSSR count). The number of aliphatic imine (C=N–C) groups is 1. The molecule has 71 valence electrons. The molecule has 0 atom stereocenters. The summed E-state index contributed by atoms with van der Waals surface area (Å²) in [5, 5.41) is 0. The zero-order valence-electron chi connectivity index (χ0n) is 8.27. The molecule has 1 aliphatic heterocycles. The van der Waals surface area contributed by atoms with Crippen LogP contribution in [0.3, 0.4) is 0 Å². The highest BCUT2D eigenvalue weighted by molar-refractivity contribution is 5.85. The fourth-order valence-electron chi connectivity index (χ4n) is 1.88. The molecule has 0 N–H and O–H groups in total. The number of hydrogen-bond acceptors (Lipinski definition) is 1. The van der Waals surface area contributed by atoms with Gasteiger partial charge in [-0.2, -0.15) is 0 Å². The first-order valence-corrected chi connectivity index (χ1v) is 5.06. The predicted molar refractivity (Wildman–Crippen MR) is 61.9 cm³/mol. The Labute approximate surface area is 89.1 Å². The Bertz CT molecular complexity index is 479. The fourth-order valence-corrected chi connectivity index (χ4v) is 1.88. The summed E-state index contributed by atoms with van der Waals surface area (Å²) in [6.45, 7) is 0. The molecule has 0 bridgehead atoms. The third-order valence-electron chi connectivity index (χ3n) is 2.69. The quantitative estimate of drug-likeness (QED) is 0.518. The predicted octanol–water partition coefficient (Wildman–Crippen LogP) is 3.22. The van der Waals surface area contributed by atoms with Crippen LogP contribution in [-0.4, -0.2) is 6.21 Å². The number of fused-ring (bicyclic) bond motifs is 2. The van der Waals surface area contributed by atoms with Gasteiger partial charge in [-0.15, -0.1) is 0 Å². The van der Waals surface area contributed by atoms with Gasteiger partial charge in [0, 0.05) is 12.0 Å². The second kappa shape index (κ2) is 3.35. The van der Waals surface area contributed by atoms with E-state index in [0.29, 0.717) is 0 Å². The molecule has 0 saturated heterocycles. The minimum Gasteiger partial charge on any atom is -0.246 e. The number of benzene rings is 2. The van der Waals surface area contributed by atoms with Gasteiger partial charge in [0.15, 0.2) is 0 Å².